The molecular formula is C12H21N5S. The maximum absolute atomic E-state index is 6.09. The quantitative estimate of drug-likeness (QED) is 0.907. The summed E-state index contributed by atoms with van der Waals surface area (Å²) >= 11 is 1.83. The van der Waals surface area contributed by atoms with E-state index in [4.69, 9.17) is 5.73 Å². The molecule has 2 N–H and O–H groups in total. The molecule has 0 spiro atoms. The van der Waals surface area contributed by atoms with Gasteiger partial charge in [-0.3, -0.25) is 0 Å². The highest BCUT2D eigenvalue weighted by Crippen LogP contribution is 2.39. The molecule has 0 aromatic carbocycles. The van der Waals surface area contributed by atoms with Crippen molar-refractivity contribution in [1.82, 2.24) is 20.2 Å². The van der Waals surface area contributed by atoms with E-state index in [1.807, 2.05) is 16.4 Å². The zero-order valence-electron chi connectivity index (χ0n) is 10.8. The Morgan fingerprint density at radius 1 is 1.22 bits per heavy atom. The average molecular weight is 267 g/mol. The van der Waals surface area contributed by atoms with Gasteiger partial charge >= 0.3 is 0 Å². The summed E-state index contributed by atoms with van der Waals surface area (Å²) in [4.78, 5) is 0. The first-order valence-corrected chi connectivity index (χ1v) is 7.84. The first-order valence-electron chi connectivity index (χ1n) is 6.96. The van der Waals surface area contributed by atoms with E-state index >= 15 is 0 Å². The molecule has 0 amide bonds. The van der Waals surface area contributed by atoms with Gasteiger partial charge in [0.15, 0.2) is 0 Å². The minimum absolute atomic E-state index is 0.346. The fourth-order valence-corrected chi connectivity index (χ4v) is 4.42. The van der Waals surface area contributed by atoms with Gasteiger partial charge in [-0.15, -0.1) is 5.10 Å². The Hall–Kier alpha value is -0.620. The topological polar surface area (TPSA) is 69.6 Å². The van der Waals surface area contributed by atoms with Crippen LogP contribution >= 0.6 is 11.8 Å². The highest BCUT2D eigenvalue weighted by atomic mass is 32.2. The van der Waals surface area contributed by atoms with Crippen LogP contribution in [0.1, 0.15) is 51.5 Å². The van der Waals surface area contributed by atoms with Crippen LogP contribution in [0, 0.1) is 5.92 Å². The SMILES string of the molecule is CC1C(N)CCC1Sc1nnnn1C1CCCC1. The number of tetrazole rings is 1. The van der Waals surface area contributed by atoms with E-state index in [1.165, 1.54) is 32.1 Å². The minimum atomic E-state index is 0.346. The Kier molecular flexibility index (Phi) is 3.56. The van der Waals surface area contributed by atoms with Gasteiger partial charge in [0, 0.05) is 11.3 Å². The van der Waals surface area contributed by atoms with Crippen LogP contribution in [-0.2, 0) is 0 Å². The number of thioether (sulfide) groups is 1. The lowest BCUT2D eigenvalue weighted by atomic mass is 10.1. The van der Waals surface area contributed by atoms with Gasteiger partial charge in [-0.05, 0) is 42.0 Å². The zero-order chi connectivity index (χ0) is 12.5. The molecule has 18 heavy (non-hydrogen) atoms. The molecule has 100 valence electrons. The molecule has 2 aliphatic rings. The van der Waals surface area contributed by atoms with Crippen LogP contribution in [0.2, 0.25) is 0 Å². The number of nitrogens with two attached hydrogens (primary N) is 1. The second kappa shape index (κ2) is 5.17. The summed E-state index contributed by atoms with van der Waals surface area (Å²) in [5.41, 5.74) is 6.09. The molecule has 3 unspecified atom stereocenters. The van der Waals surface area contributed by atoms with Crippen molar-refractivity contribution in [3.8, 4) is 0 Å². The second-order valence-corrected chi connectivity index (χ2v) is 6.81. The van der Waals surface area contributed by atoms with E-state index in [0.717, 1.165) is 11.6 Å². The Morgan fingerprint density at radius 3 is 2.67 bits per heavy atom. The van der Waals surface area contributed by atoms with Crippen molar-refractivity contribution in [3.63, 3.8) is 0 Å². The third-order valence-electron chi connectivity index (χ3n) is 4.44. The molecule has 0 saturated heterocycles. The maximum Gasteiger partial charge on any atom is 0.209 e. The molecule has 2 aliphatic carbocycles. The number of aromatic nitrogens is 4. The zero-order valence-corrected chi connectivity index (χ0v) is 11.6. The molecule has 3 rings (SSSR count). The van der Waals surface area contributed by atoms with Crippen molar-refractivity contribution in [3.05, 3.63) is 0 Å². The number of hydrogen-bond acceptors (Lipinski definition) is 5. The average Bonchev–Trinajstić information content (AvgIpc) is 3.06. The normalized spacial score (nSPS) is 33.3. The number of hydrogen-bond donors (Lipinski definition) is 1. The number of nitrogens with zero attached hydrogens (tertiary/aromatic N) is 4. The molecule has 0 aliphatic heterocycles. The predicted octanol–water partition coefficient (Wildman–Crippen LogP) is 2.01. The summed E-state index contributed by atoms with van der Waals surface area (Å²) in [7, 11) is 0. The summed E-state index contributed by atoms with van der Waals surface area (Å²) in [6.07, 6.45) is 7.36. The van der Waals surface area contributed by atoms with Crippen LogP contribution in [0.4, 0.5) is 0 Å². The van der Waals surface area contributed by atoms with Gasteiger partial charge in [-0.2, -0.15) is 0 Å². The maximum atomic E-state index is 6.09. The van der Waals surface area contributed by atoms with Crippen LogP contribution in [0.25, 0.3) is 0 Å². The van der Waals surface area contributed by atoms with E-state index in [1.54, 1.807) is 0 Å². The van der Waals surface area contributed by atoms with Crippen LogP contribution in [-0.4, -0.2) is 31.5 Å². The minimum Gasteiger partial charge on any atom is -0.327 e. The molecular weight excluding hydrogens is 246 g/mol. The molecule has 0 bridgehead atoms. The van der Waals surface area contributed by atoms with Gasteiger partial charge in [0.25, 0.3) is 0 Å². The highest BCUT2D eigenvalue weighted by molar-refractivity contribution is 7.99. The molecule has 5 nitrogen and oxygen atoms in total. The van der Waals surface area contributed by atoms with Crippen LogP contribution in [0.15, 0.2) is 5.16 Å². The Morgan fingerprint density at radius 2 is 2.00 bits per heavy atom. The lowest BCUT2D eigenvalue weighted by Crippen LogP contribution is -2.26. The third kappa shape index (κ3) is 2.28. The summed E-state index contributed by atoms with van der Waals surface area (Å²) in [6, 6.07) is 0.867. The van der Waals surface area contributed by atoms with Crippen LogP contribution < -0.4 is 5.73 Å². The van der Waals surface area contributed by atoms with Gasteiger partial charge in [-0.1, -0.05) is 31.5 Å². The first kappa shape index (κ1) is 12.4. The van der Waals surface area contributed by atoms with Crippen LogP contribution in [0.3, 0.4) is 0 Å². The van der Waals surface area contributed by atoms with Gasteiger partial charge in [0.05, 0.1) is 6.04 Å². The van der Waals surface area contributed by atoms with E-state index in [2.05, 4.69) is 22.4 Å². The molecule has 3 atom stereocenters. The van der Waals surface area contributed by atoms with Crippen molar-refractivity contribution in [1.29, 1.82) is 0 Å². The van der Waals surface area contributed by atoms with E-state index in [0.29, 0.717) is 23.3 Å². The summed E-state index contributed by atoms with van der Waals surface area (Å²) in [5, 5.41) is 13.8. The van der Waals surface area contributed by atoms with Gasteiger partial charge in [0.1, 0.15) is 0 Å². The lowest BCUT2D eigenvalue weighted by molar-refractivity contribution is 0.422. The highest BCUT2D eigenvalue weighted by Gasteiger charge is 2.33. The fourth-order valence-electron chi connectivity index (χ4n) is 3.10. The Balaban J connectivity index is 1.71. The van der Waals surface area contributed by atoms with E-state index in [9.17, 15) is 0 Å². The first-order chi connectivity index (χ1) is 8.75. The third-order valence-corrected chi connectivity index (χ3v) is 5.88. The van der Waals surface area contributed by atoms with Crippen molar-refractivity contribution < 1.29 is 0 Å². The fraction of sp³-hybridized carbons (Fsp3) is 0.917. The van der Waals surface area contributed by atoms with E-state index < -0.39 is 0 Å². The second-order valence-electron chi connectivity index (χ2n) is 5.60. The summed E-state index contributed by atoms with van der Waals surface area (Å²) in [5.74, 6) is 0.559. The number of rotatable bonds is 3. The summed E-state index contributed by atoms with van der Waals surface area (Å²) in [6.45, 7) is 2.25. The van der Waals surface area contributed by atoms with Crippen molar-refractivity contribution in [2.24, 2.45) is 11.7 Å². The molecule has 2 fully saturated rings. The van der Waals surface area contributed by atoms with Gasteiger partial charge in [-0.25, -0.2) is 4.68 Å². The van der Waals surface area contributed by atoms with E-state index in [-0.39, 0.29) is 0 Å². The monoisotopic (exact) mass is 267 g/mol. The largest absolute Gasteiger partial charge is 0.327 e. The molecule has 1 aromatic heterocycles. The molecule has 1 heterocycles. The van der Waals surface area contributed by atoms with Crippen LogP contribution in [0.5, 0.6) is 0 Å². The molecule has 0 radical (unpaired) electrons. The Bertz CT molecular complexity index is 401. The predicted molar refractivity (Wildman–Crippen MR) is 71.3 cm³/mol. The smallest absolute Gasteiger partial charge is 0.209 e. The molecule has 6 heteroatoms. The van der Waals surface area contributed by atoms with Gasteiger partial charge < -0.3 is 5.73 Å². The summed E-state index contributed by atoms with van der Waals surface area (Å²) < 4.78 is 2.05. The standard InChI is InChI=1S/C12H21N5S/c1-8-10(13)6-7-11(8)18-12-14-15-16-17(12)9-4-2-3-5-9/h8-11H,2-7,13H2,1H3. The van der Waals surface area contributed by atoms with Gasteiger partial charge in [0.2, 0.25) is 5.16 Å². The lowest BCUT2D eigenvalue weighted by Gasteiger charge is -2.18. The van der Waals surface area contributed by atoms with Crippen molar-refractivity contribution in [2.45, 2.75) is 67.9 Å². The Labute approximate surface area is 112 Å². The van der Waals surface area contributed by atoms with Crippen molar-refractivity contribution in [2.75, 3.05) is 0 Å². The molecule has 1 aromatic rings. The molecule has 2 saturated carbocycles. The van der Waals surface area contributed by atoms with Crippen molar-refractivity contribution >= 4 is 11.8 Å².